The van der Waals surface area contributed by atoms with Crippen molar-refractivity contribution in [2.24, 2.45) is 46.3 Å². The van der Waals surface area contributed by atoms with E-state index in [1.165, 1.54) is 77.0 Å². The van der Waals surface area contributed by atoms with Gasteiger partial charge in [0.05, 0.1) is 5.25 Å². The van der Waals surface area contributed by atoms with E-state index in [0.717, 1.165) is 39.9 Å². The zero-order valence-corrected chi connectivity index (χ0v) is 22.4. The van der Waals surface area contributed by atoms with Crippen molar-refractivity contribution >= 4 is 28.4 Å². The SMILES string of the molecule is CC(C)CCC[C@@H](C)[C@H]1CC[C@H]2[C@@H]3C[C@@H]4SC(=S)OC45CCCC[C@]5(C)[C@H]3CC[C@]12C. The zero-order chi connectivity index (χ0) is 22.0. The fourth-order valence-corrected chi connectivity index (χ4v) is 11.8. The molecule has 1 heterocycles. The van der Waals surface area contributed by atoms with Gasteiger partial charge in [0, 0.05) is 5.41 Å². The van der Waals surface area contributed by atoms with Crippen molar-refractivity contribution in [2.75, 3.05) is 0 Å². The Labute approximate surface area is 201 Å². The summed E-state index contributed by atoms with van der Waals surface area (Å²) >= 11 is 7.62. The standard InChI is InChI=1S/C28H46OS2/c1-18(2)9-8-10-19(3)21-11-12-22-20-17-24-28(29-25(30)31-24)15-7-6-14-27(28,5)23(20)13-16-26(21,22)4/h18-24H,6-17H2,1-5H3/t19-,20+,21-,22+,23+,24+,26-,27-,28?/m1/s1. The van der Waals surface area contributed by atoms with Crippen LogP contribution in [0.4, 0.5) is 0 Å². The second-order valence-corrected chi connectivity index (χ2v) is 14.9. The van der Waals surface area contributed by atoms with E-state index in [4.69, 9.17) is 17.0 Å². The van der Waals surface area contributed by atoms with Crippen LogP contribution < -0.4 is 0 Å². The minimum absolute atomic E-state index is 0.0596. The molecule has 1 nitrogen and oxygen atoms in total. The van der Waals surface area contributed by atoms with Gasteiger partial charge in [0.25, 0.3) is 0 Å². The van der Waals surface area contributed by atoms with Crippen LogP contribution in [0.3, 0.4) is 0 Å². The summed E-state index contributed by atoms with van der Waals surface area (Å²) in [6.07, 6.45) is 16.9. The Morgan fingerprint density at radius 2 is 1.77 bits per heavy atom. The third-order valence-electron chi connectivity index (χ3n) is 11.4. The number of ether oxygens (including phenoxy) is 1. The molecule has 0 aromatic heterocycles. The van der Waals surface area contributed by atoms with Crippen molar-refractivity contribution in [3.63, 3.8) is 0 Å². The molecule has 1 spiro atoms. The quantitative estimate of drug-likeness (QED) is 0.378. The number of rotatable bonds is 5. The molecule has 9 atom stereocenters. The maximum Gasteiger partial charge on any atom is 0.221 e. The fourth-order valence-electron chi connectivity index (χ4n) is 9.94. The summed E-state index contributed by atoms with van der Waals surface area (Å²) < 4.78 is 7.53. The van der Waals surface area contributed by atoms with Gasteiger partial charge in [-0.15, -0.1) is 0 Å². The summed E-state index contributed by atoms with van der Waals surface area (Å²) in [5.74, 6) is 5.41. The maximum atomic E-state index is 6.66. The number of fused-ring (bicyclic) bond motifs is 4. The van der Waals surface area contributed by atoms with Crippen LogP contribution in [0.5, 0.6) is 0 Å². The van der Waals surface area contributed by atoms with Gasteiger partial charge in [-0.1, -0.05) is 72.1 Å². The van der Waals surface area contributed by atoms with Crippen LogP contribution in [0, 0.1) is 46.3 Å². The van der Waals surface area contributed by atoms with Gasteiger partial charge in [0.2, 0.25) is 4.38 Å². The van der Waals surface area contributed by atoms with Crippen molar-refractivity contribution in [3.8, 4) is 0 Å². The lowest BCUT2D eigenvalue weighted by Crippen LogP contribution is -2.65. The van der Waals surface area contributed by atoms with Gasteiger partial charge in [-0.05, 0) is 105 Å². The largest absolute Gasteiger partial charge is 0.470 e. The molecule has 4 aliphatic carbocycles. The Kier molecular flexibility index (Phi) is 6.07. The minimum atomic E-state index is 0.0596. The van der Waals surface area contributed by atoms with Gasteiger partial charge in [0.15, 0.2) is 0 Å². The van der Waals surface area contributed by atoms with E-state index < -0.39 is 0 Å². The first-order valence-electron chi connectivity index (χ1n) is 13.6. The molecule has 0 amide bonds. The minimum Gasteiger partial charge on any atom is -0.470 e. The van der Waals surface area contributed by atoms with Crippen LogP contribution >= 0.6 is 24.0 Å². The first kappa shape index (κ1) is 23.0. The molecule has 5 aliphatic rings. The molecular weight excluding hydrogens is 416 g/mol. The van der Waals surface area contributed by atoms with E-state index in [9.17, 15) is 0 Å². The maximum absolute atomic E-state index is 6.66. The lowest BCUT2D eigenvalue weighted by atomic mass is 9.43. The second-order valence-electron chi connectivity index (χ2n) is 13.1. The van der Waals surface area contributed by atoms with Crippen molar-refractivity contribution in [3.05, 3.63) is 0 Å². The van der Waals surface area contributed by atoms with E-state index in [2.05, 4.69) is 34.6 Å². The molecule has 0 N–H and O–H groups in total. The van der Waals surface area contributed by atoms with E-state index in [-0.39, 0.29) is 5.60 Å². The molecule has 4 saturated carbocycles. The predicted octanol–water partition coefficient (Wildman–Crippen LogP) is 8.65. The highest BCUT2D eigenvalue weighted by Gasteiger charge is 2.70. The summed E-state index contributed by atoms with van der Waals surface area (Å²) in [5.41, 5.74) is 0.979. The van der Waals surface area contributed by atoms with Crippen LogP contribution in [-0.4, -0.2) is 15.2 Å². The number of thioether (sulfide) groups is 1. The Hall–Kier alpha value is 0.240. The monoisotopic (exact) mass is 462 g/mol. The Balaban J connectivity index is 1.38. The van der Waals surface area contributed by atoms with Gasteiger partial charge in [-0.3, -0.25) is 0 Å². The summed E-state index contributed by atoms with van der Waals surface area (Å²) in [7, 11) is 0. The van der Waals surface area contributed by atoms with Gasteiger partial charge in [0.1, 0.15) is 5.60 Å². The fraction of sp³-hybridized carbons (Fsp3) is 0.964. The van der Waals surface area contributed by atoms with Crippen LogP contribution in [0.2, 0.25) is 0 Å². The van der Waals surface area contributed by atoms with Crippen molar-refractivity contribution in [1.82, 2.24) is 0 Å². The van der Waals surface area contributed by atoms with E-state index in [1.54, 1.807) is 0 Å². The topological polar surface area (TPSA) is 9.23 Å². The van der Waals surface area contributed by atoms with Gasteiger partial charge < -0.3 is 4.74 Å². The normalized spacial score (nSPS) is 49.7. The van der Waals surface area contributed by atoms with E-state index >= 15 is 0 Å². The third-order valence-corrected chi connectivity index (χ3v) is 12.9. The third kappa shape index (κ3) is 3.40. The predicted molar refractivity (Wildman–Crippen MR) is 137 cm³/mol. The van der Waals surface area contributed by atoms with Crippen molar-refractivity contribution < 1.29 is 4.74 Å². The van der Waals surface area contributed by atoms with Gasteiger partial charge >= 0.3 is 0 Å². The summed E-state index contributed by atoms with van der Waals surface area (Å²) in [4.78, 5) is 0. The zero-order valence-electron chi connectivity index (χ0n) is 20.8. The average Bonchev–Trinajstić information content (AvgIpc) is 3.22. The highest BCUT2D eigenvalue weighted by Crippen LogP contribution is 2.72. The first-order chi connectivity index (χ1) is 14.7. The van der Waals surface area contributed by atoms with E-state index in [0.29, 0.717) is 16.1 Å². The molecule has 5 rings (SSSR count). The van der Waals surface area contributed by atoms with Crippen LogP contribution in [0.15, 0.2) is 0 Å². The Bertz CT molecular complexity index is 705. The van der Waals surface area contributed by atoms with Gasteiger partial charge in [-0.2, -0.15) is 0 Å². The van der Waals surface area contributed by atoms with E-state index in [1.807, 2.05) is 11.8 Å². The van der Waals surface area contributed by atoms with Crippen LogP contribution in [-0.2, 0) is 4.74 Å². The van der Waals surface area contributed by atoms with Gasteiger partial charge in [-0.25, -0.2) is 0 Å². The second kappa shape index (κ2) is 8.17. The molecule has 0 radical (unpaired) electrons. The average molecular weight is 463 g/mol. The molecule has 1 saturated heterocycles. The molecule has 0 aromatic rings. The van der Waals surface area contributed by atoms with Crippen molar-refractivity contribution in [2.45, 2.75) is 123 Å². The Morgan fingerprint density at radius 3 is 2.55 bits per heavy atom. The number of hydrogen-bond acceptors (Lipinski definition) is 3. The molecule has 31 heavy (non-hydrogen) atoms. The van der Waals surface area contributed by atoms with Crippen molar-refractivity contribution in [1.29, 1.82) is 0 Å². The molecule has 3 heteroatoms. The summed E-state index contributed by atoms with van der Waals surface area (Å²) in [5, 5.41) is 0.622. The smallest absolute Gasteiger partial charge is 0.221 e. The highest BCUT2D eigenvalue weighted by molar-refractivity contribution is 8.23. The summed E-state index contributed by atoms with van der Waals surface area (Å²) in [6.45, 7) is 12.7. The Morgan fingerprint density at radius 1 is 1.00 bits per heavy atom. The number of thiocarbonyl (C=S) groups is 1. The molecule has 5 fully saturated rings. The van der Waals surface area contributed by atoms with Crippen LogP contribution in [0.25, 0.3) is 0 Å². The molecule has 0 bridgehead atoms. The molecule has 1 aliphatic heterocycles. The van der Waals surface area contributed by atoms with Crippen LogP contribution in [0.1, 0.15) is 112 Å². The molecule has 0 aromatic carbocycles. The highest BCUT2D eigenvalue weighted by atomic mass is 32.2. The number of hydrogen-bond donors (Lipinski definition) is 0. The summed E-state index contributed by atoms with van der Waals surface area (Å²) in [6, 6.07) is 0. The molecular formula is C28H46OS2. The lowest BCUT2D eigenvalue weighted by Gasteiger charge is -2.64. The molecule has 176 valence electrons. The first-order valence-corrected chi connectivity index (χ1v) is 14.9. The lowest BCUT2D eigenvalue weighted by molar-refractivity contribution is -0.187. The molecule has 1 unspecified atom stereocenters.